The number of hydrogen-bond donors (Lipinski definition) is 1. The van der Waals surface area contributed by atoms with Crippen molar-refractivity contribution in [2.24, 2.45) is 17.6 Å². The minimum Gasteiger partial charge on any atom is -0.492 e. The number of likely N-dealkylation sites (N-methyl/N-ethyl adjacent to an activating group) is 1. The van der Waals surface area contributed by atoms with Crippen molar-refractivity contribution in [2.75, 3.05) is 26.7 Å². The van der Waals surface area contributed by atoms with Gasteiger partial charge in [0.1, 0.15) is 12.4 Å². The van der Waals surface area contributed by atoms with E-state index < -0.39 is 0 Å². The third-order valence-electron chi connectivity index (χ3n) is 4.16. The molecule has 2 rings (SSSR count). The first-order valence-electron chi connectivity index (χ1n) is 7.45. The van der Waals surface area contributed by atoms with Gasteiger partial charge in [0.15, 0.2) is 0 Å². The van der Waals surface area contributed by atoms with Crippen LogP contribution in [0.1, 0.15) is 19.3 Å². The van der Waals surface area contributed by atoms with Crippen LogP contribution in [0.3, 0.4) is 0 Å². The van der Waals surface area contributed by atoms with Crippen LogP contribution in [0.4, 0.5) is 0 Å². The monoisotopic (exact) mass is 310 g/mol. The second-order valence-electron chi connectivity index (χ2n) is 5.60. The number of ether oxygens (including phenoxy) is 1. The molecule has 0 spiro atoms. The quantitative estimate of drug-likeness (QED) is 0.878. The minimum absolute atomic E-state index is 0.0931. The van der Waals surface area contributed by atoms with Crippen molar-refractivity contribution in [3.63, 3.8) is 0 Å². The topological polar surface area (TPSA) is 55.6 Å². The molecule has 0 heterocycles. The second kappa shape index (κ2) is 7.66. The Morgan fingerprint density at radius 1 is 1.38 bits per heavy atom. The Morgan fingerprint density at radius 2 is 2.10 bits per heavy atom. The van der Waals surface area contributed by atoms with Crippen LogP contribution in [0.25, 0.3) is 0 Å². The van der Waals surface area contributed by atoms with E-state index in [0.29, 0.717) is 30.6 Å². The first-order chi connectivity index (χ1) is 10.1. The highest BCUT2D eigenvalue weighted by Gasteiger charge is 2.33. The van der Waals surface area contributed by atoms with Gasteiger partial charge in [0, 0.05) is 18.0 Å². The first-order valence-corrected chi connectivity index (χ1v) is 7.83. The molecule has 0 bridgehead atoms. The lowest BCUT2D eigenvalue weighted by molar-refractivity contribution is -0.135. The van der Waals surface area contributed by atoms with Crippen LogP contribution >= 0.6 is 11.6 Å². The lowest BCUT2D eigenvalue weighted by Crippen LogP contribution is -2.38. The van der Waals surface area contributed by atoms with Crippen LogP contribution in [-0.4, -0.2) is 37.6 Å². The van der Waals surface area contributed by atoms with Crippen molar-refractivity contribution in [1.29, 1.82) is 0 Å². The maximum absolute atomic E-state index is 12.4. The highest BCUT2D eigenvalue weighted by molar-refractivity contribution is 6.30. The van der Waals surface area contributed by atoms with E-state index in [9.17, 15) is 4.79 Å². The predicted octanol–water partition coefficient (Wildman–Crippen LogP) is 2.55. The van der Waals surface area contributed by atoms with Gasteiger partial charge < -0.3 is 15.4 Å². The van der Waals surface area contributed by atoms with Gasteiger partial charge in [-0.3, -0.25) is 4.79 Å². The normalized spacial score (nSPS) is 21.3. The van der Waals surface area contributed by atoms with Crippen molar-refractivity contribution in [2.45, 2.75) is 19.3 Å². The summed E-state index contributed by atoms with van der Waals surface area (Å²) in [4.78, 5) is 14.2. The van der Waals surface area contributed by atoms with Gasteiger partial charge in [0.2, 0.25) is 5.91 Å². The van der Waals surface area contributed by atoms with Crippen LogP contribution < -0.4 is 10.5 Å². The smallest absolute Gasteiger partial charge is 0.225 e. The molecule has 0 saturated heterocycles. The lowest BCUT2D eigenvalue weighted by Gasteiger charge is -2.24. The third-order valence-corrected chi connectivity index (χ3v) is 4.42. The van der Waals surface area contributed by atoms with Gasteiger partial charge in [-0.2, -0.15) is 0 Å². The number of rotatable bonds is 6. The molecule has 1 aromatic carbocycles. The summed E-state index contributed by atoms with van der Waals surface area (Å²) in [6, 6.07) is 7.23. The van der Waals surface area contributed by atoms with Crippen molar-refractivity contribution in [1.82, 2.24) is 4.90 Å². The zero-order valence-corrected chi connectivity index (χ0v) is 13.2. The molecule has 1 amide bonds. The predicted molar refractivity (Wildman–Crippen MR) is 84.5 cm³/mol. The molecule has 1 saturated carbocycles. The molecule has 5 heteroatoms. The Morgan fingerprint density at radius 3 is 2.76 bits per heavy atom. The molecule has 0 radical (unpaired) electrons. The van der Waals surface area contributed by atoms with E-state index in [2.05, 4.69) is 0 Å². The van der Waals surface area contributed by atoms with Crippen molar-refractivity contribution in [3.8, 4) is 5.75 Å². The average molecular weight is 311 g/mol. The van der Waals surface area contributed by atoms with Crippen LogP contribution in [0, 0.1) is 11.8 Å². The van der Waals surface area contributed by atoms with E-state index >= 15 is 0 Å². The number of nitrogens with two attached hydrogens (primary N) is 1. The van der Waals surface area contributed by atoms with E-state index in [4.69, 9.17) is 22.1 Å². The van der Waals surface area contributed by atoms with Crippen LogP contribution in [-0.2, 0) is 4.79 Å². The van der Waals surface area contributed by atoms with Gasteiger partial charge in [-0.15, -0.1) is 0 Å². The van der Waals surface area contributed by atoms with Gasteiger partial charge in [-0.05, 0) is 49.6 Å². The summed E-state index contributed by atoms with van der Waals surface area (Å²) in [6.45, 7) is 1.66. The number of halogens is 1. The fourth-order valence-corrected chi connectivity index (χ4v) is 2.99. The summed E-state index contributed by atoms with van der Waals surface area (Å²) in [7, 11) is 1.83. The molecule has 116 valence electrons. The Hall–Kier alpha value is -1.26. The molecule has 1 aromatic rings. The summed E-state index contributed by atoms with van der Waals surface area (Å²) in [5.74, 6) is 1.40. The zero-order chi connectivity index (χ0) is 15.2. The molecular weight excluding hydrogens is 288 g/mol. The van der Waals surface area contributed by atoms with Gasteiger partial charge >= 0.3 is 0 Å². The second-order valence-corrected chi connectivity index (χ2v) is 6.03. The van der Waals surface area contributed by atoms with Gasteiger partial charge in [-0.1, -0.05) is 18.0 Å². The zero-order valence-electron chi connectivity index (χ0n) is 12.4. The number of benzene rings is 1. The Balaban J connectivity index is 1.77. The van der Waals surface area contributed by atoms with Crippen molar-refractivity contribution >= 4 is 17.5 Å². The van der Waals surface area contributed by atoms with Crippen LogP contribution in [0.15, 0.2) is 24.3 Å². The Bertz CT molecular complexity index is 464. The first kappa shape index (κ1) is 16.1. The third kappa shape index (κ3) is 4.35. The number of hydrogen-bond acceptors (Lipinski definition) is 3. The molecule has 1 aliphatic rings. The SMILES string of the molecule is CN(CCOc1ccc(Cl)cc1)C(=O)C1CCCC1CN. The fourth-order valence-electron chi connectivity index (χ4n) is 2.87. The number of nitrogens with zero attached hydrogens (tertiary/aromatic N) is 1. The highest BCUT2D eigenvalue weighted by atomic mass is 35.5. The van der Waals surface area contributed by atoms with Gasteiger partial charge in [-0.25, -0.2) is 0 Å². The van der Waals surface area contributed by atoms with E-state index in [1.807, 2.05) is 19.2 Å². The van der Waals surface area contributed by atoms with Crippen molar-refractivity contribution in [3.05, 3.63) is 29.3 Å². The maximum atomic E-state index is 12.4. The summed E-state index contributed by atoms with van der Waals surface area (Å²) in [5, 5.41) is 0.684. The highest BCUT2D eigenvalue weighted by Crippen LogP contribution is 2.32. The van der Waals surface area contributed by atoms with Gasteiger partial charge in [0.25, 0.3) is 0 Å². The Labute approximate surface area is 131 Å². The van der Waals surface area contributed by atoms with Crippen LogP contribution in [0.5, 0.6) is 5.75 Å². The molecule has 21 heavy (non-hydrogen) atoms. The van der Waals surface area contributed by atoms with Gasteiger partial charge in [0.05, 0.1) is 6.54 Å². The van der Waals surface area contributed by atoms with Crippen molar-refractivity contribution < 1.29 is 9.53 Å². The summed E-state index contributed by atoms with van der Waals surface area (Å²) < 4.78 is 5.62. The standard InChI is InChI=1S/C16H23ClN2O2/c1-19(16(20)15-4-2-3-12(15)11-18)9-10-21-14-7-5-13(17)6-8-14/h5-8,12,15H,2-4,9-11,18H2,1H3. The van der Waals surface area contributed by atoms with Crippen LogP contribution in [0.2, 0.25) is 5.02 Å². The molecular formula is C16H23ClN2O2. The average Bonchev–Trinajstić information content (AvgIpc) is 2.96. The molecule has 1 fully saturated rings. The van der Waals surface area contributed by atoms with E-state index in [0.717, 1.165) is 25.0 Å². The Kier molecular flexibility index (Phi) is 5.88. The molecule has 2 N–H and O–H groups in total. The maximum Gasteiger partial charge on any atom is 0.225 e. The summed E-state index contributed by atoms with van der Waals surface area (Å²) in [6.07, 6.45) is 3.14. The fraction of sp³-hybridized carbons (Fsp3) is 0.562. The number of carbonyl (C=O) groups excluding carboxylic acids is 1. The van der Waals surface area contributed by atoms with E-state index in [1.165, 1.54) is 0 Å². The lowest BCUT2D eigenvalue weighted by atomic mass is 9.95. The number of amides is 1. The minimum atomic E-state index is 0.0931. The molecule has 0 aromatic heterocycles. The largest absolute Gasteiger partial charge is 0.492 e. The summed E-state index contributed by atoms with van der Waals surface area (Å²) >= 11 is 5.82. The summed E-state index contributed by atoms with van der Waals surface area (Å²) in [5.41, 5.74) is 5.74. The molecule has 2 atom stereocenters. The molecule has 4 nitrogen and oxygen atoms in total. The van der Waals surface area contributed by atoms with E-state index in [-0.39, 0.29) is 11.8 Å². The number of carbonyl (C=O) groups is 1. The van der Waals surface area contributed by atoms with E-state index in [1.54, 1.807) is 17.0 Å². The molecule has 2 unspecified atom stereocenters. The molecule has 0 aliphatic heterocycles. The molecule has 1 aliphatic carbocycles.